The van der Waals surface area contributed by atoms with E-state index in [-0.39, 0.29) is 12.3 Å². The first kappa shape index (κ1) is 18.5. The molecule has 0 aliphatic heterocycles. The summed E-state index contributed by atoms with van der Waals surface area (Å²) in [7, 11) is 0. The number of carbonyl (C=O) groups excluding carboxylic acids is 2. The summed E-state index contributed by atoms with van der Waals surface area (Å²) in [5, 5.41) is 9.44. The smallest absolute Gasteiger partial charge is 0.261 e. The van der Waals surface area contributed by atoms with Gasteiger partial charge in [-0.3, -0.25) is 19.9 Å². The summed E-state index contributed by atoms with van der Waals surface area (Å²) in [4.78, 5) is 32.4. The van der Waals surface area contributed by atoms with Crippen LogP contribution in [-0.4, -0.2) is 31.6 Å². The van der Waals surface area contributed by atoms with Gasteiger partial charge in [0.1, 0.15) is 5.69 Å². The van der Waals surface area contributed by atoms with E-state index in [2.05, 4.69) is 20.4 Å². The van der Waals surface area contributed by atoms with Crippen molar-refractivity contribution >= 4 is 28.3 Å². The van der Waals surface area contributed by atoms with Gasteiger partial charge in [0.05, 0.1) is 23.4 Å². The number of aromatic nitrogens is 4. The van der Waals surface area contributed by atoms with E-state index in [1.165, 1.54) is 11.3 Å². The number of nitrogens with two attached hydrogens (primary N) is 1. The molecule has 2 amide bonds. The van der Waals surface area contributed by atoms with Crippen molar-refractivity contribution in [2.24, 2.45) is 5.73 Å². The fourth-order valence-electron chi connectivity index (χ4n) is 2.76. The number of nitrogens with one attached hydrogen (secondary N) is 1. The molecule has 1 aromatic carbocycles. The van der Waals surface area contributed by atoms with E-state index in [1.54, 1.807) is 34.7 Å². The van der Waals surface area contributed by atoms with Crippen molar-refractivity contribution in [3.63, 3.8) is 0 Å². The minimum Gasteiger partial charge on any atom is -0.369 e. The van der Waals surface area contributed by atoms with Crippen molar-refractivity contribution in [3.05, 3.63) is 77.7 Å². The molecule has 8 nitrogen and oxygen atoms in total. The van der Waals surface area contributed by atoms with E-state index in [9.17, 15) is 9.59 Å². The molecule has 3 heterocycles. The third-order valence-electron chi connectivity index (χ3n) is 4.04. The van der Waals surface area contributed by atoms with Crippen LogP contribution in [0.4, 0.5) is 5.13 Å². The summed E-state index contributed by atoms with van der Waals surface area (Å²) in [6.07, 6.45) is 5.01. The number of nitrogens with zero attached hydrogens (tertiary/aromatic N) is 4. The van der Waals surface area contributed by atoms with Crippen LogP contribution in [-0.2, 0) is 11.2 Å². The summed E-state index contributed by atoms with van der Waals surface area (Å²) >= 11 is 1.23. The number of pyridine rings is 1. The molecule has 9 heteroatoms. The Bertz CT molecular complexity index is 1150. The van der Waals surface area contributed by atoms with Gasteiger partial charge in [-0.2, -0.15) is 5.10 Å². The zero-order valence-electron chi connectivity index (χ0n) is 15.1. The third-order valence-corrected chi connectivity index (χ3v) is 4.85. The van der Waals surface area contributed by atoms with Gasteiger partial charge >= 0.3 is 0 Å². The van der Waals surface area contributed by atoms with Gasteiger partial charge in [0.15, 0.2) is 5.13 Å². The monoisotopic (exact) mass is 404 g/mol. The molecule has 29 heavy (non-hydrogen) atoms. The largest absolute Gasteiger partial charge is 0.369 e. The van der Waals surface area contributed by atoms with Crippen LogP contribution in [0.25, 0.3) is 16.9 Å². The first-order valence-electron chi connectivity index (χ1n) is 8.69. The summed E-state index contributed by atoms with van der Waals surface area (Å²) in [5.74, 6) is -0.831. The van der Waals surface area contributed by atoms with Crippen LogP contribution in [0.1, 0.15) is 16.1 Å². The molecule has 144 valence electrons. The number of para-hydroxylation sites is 1. The Morgan fingerprint density at radius 3 is 2.69 bits per heavy atom. The molecule has 3 N–H and O–H groups in total. The van der Waals surface area contributed by atoms with Crippen molar-refractivity contribution in [1.82, 2.24) is 19.7 Å². The first-order chi connectivity index (χ1) is 14.1. The molecule has 3 aromatic heterocycles. The van der Waals surface area contributed by atoms with E-state index in [0.717, 1.165) is 11.3 Å². The molecule has 0 unspecified atom stereocenters. The zero-order valence-corrected chi connectivity index (χ0v) is 16.0. The normalized spacial score (nSPS) is 10.6. The van der Waals surface area contributed by atoms with Crippen LogP contribution in [0.3, 0.4) is 0 Å². The number of carbonyl (C=O) groups is 2. The summed E-state index contributed by atoms with van der Waals surface area (Å²) in [6.45, 7) is 0. The molecule has 0 atom stereocenters. The quantitative estimate of drug-likeness (QED) is 0.513. The van der Waals surface area contributed by atoms with Gasteiger partial charge in [0.25, 0.3) is 5.91 Å². The number of primary amides is 1. The van der Waals surface area contributed by atoms with Crippen LogP contribution in [0.15, 0.2) is 66.4 Å². The van der Waals surface area contributed by atoms with E-state index in [4.69, 9.17) is 5.73 Å². The zero-order chi connectivity index (χ0) is 20.2. The van der Waals surface area contributed by atoms with Crippen LogP contribution in [0.2, 0.25) is 0 Å². The Kier molecular flexibility index (Phi) is 5.12. The lowest BCUT2D eigenvalue weighted by Gasteiger charge is -2.02. The van der Waals surface area contributed by atoms with E-state index >= 15 is 0 Å². The molecule has 0 aliphatic rings. The first-order valence-corrected chi connectivity index (χ1v) is 9.57. The molecule has 4 rings (SSSR count). The summed E-state index contributed by atoms with van der Waals surface area (Å²) in [5.41, 5.74) is 8.15. The van der Waals surface area contributed by atoms with Crippen molar-refractivity contribution in [2.45, 2.75) is 6.42 Å². The molecule has 0 saturated carbocycles. The highest BCUT2D eigenvalue weighted by Gasteiger charge is 2.20. The molecule has 0 saturated heterocycles. The molecule has 0 radical (unpaired) electrons. The Morgan fingerprint density at radius 2 is 1.97 bits per heavy atom. The Balaban J connectivity index is 1.68. The second kappa shape index (κ2) is 8.03. The highest BCUT2D eigenvalue weighted by molar-refractivity contribution is 7.14. The predicted molar refractivity (Wildman–Crippen MR) is 110 cm³/mol. The average molecular weight is 404 g/mol. The lowest BCUT2D eigenvalue weighted by Crippen LogP contribution is -2.14. The Labute approximate surface area is 170 Å². The fraction of sp³-hybridized carbons (Fsp3) is 0.0500. The van der Waals surface area contributed by atoms with E-state index in [0.29, 0.717) is 22.1 Å². The fourth-order valence-corrected chi connectivity index (χ4v) is 3.46. The van der Waals surface area contributed by atoms with E-state index < -0.39 is 5.91 Å². The minimum atomic E-state index is -0.476. The minimum absolute atomic E-state index is 0.0270. The van der Waals surface area contributed by atoms with Crippen molar-refractivity contribution in [3.8, 4) is 16.9 Å². The Hall–Kier alpha value is -3.85. The highest BCUT2D eigenvalue weighted by atomic mass is 32.1. The summed E-state index contributed by atoms with van der Waals surface area (Å²) in [6, 6.07) is 13.1. The second-order valence-electron chi connectivity index (χ2n) is 6.15. The van der Waals surface area contributed by atoms with Gasteiger partial charge in [-0.1, -0.05) is 18.2 Å². The number of amides is 2. The third kappa shape index (κ3) is 4.19. The molecule has 0 fully saturated rings. The number of anilines is 1. The van der Waals surface area contributed by atoms with Crippen molar-refractivity contribution < 1.29 is 9.59 Å². The van der Waals surface area contributed by atoms with Gasteiger partial charge in [-0.05, 0) is 24.3 Å². The standard InChI is InChI=1S/C20H16N6O2S/c21-17(27)9-14-12-29-20(23-14)24-19(28)16-11-26(15-6-2-1-3-7-15)25-18(16)13-5-4-8-22-10-13/h1-8,10-12H,9H2,(H2,21,27)(H,23,24,28). The molecule has 0 bridgehead atoms. The Morgan fingerprint density at radius 1 is 1.14 bits per heavy atom. The van der Waals surface area contributed by atoms with Crippen LogP contribution in [0.5, 0.6) is 0 Å². The van der Waals surface area contributed by atoms with Gasteiger partial charge < -0.3 is 5.73 Å². The van der Waals surface area contributed by atoms with Gasteiger partial charge in [0, 0.05) is 29.5 Å². The van der Waals surface area contributed by atoms with Gasteiger partial charge in [0.2, 0.25) is 5.91 Å². The molecule has 0 spiro atoms. The number of rotatable bonds is 6. The maximum atomic E-state index is 13.0. The lowest BCUT2D eigenvalue weighted by atomic mass is 10.1. The van der Waals surface area contributed by atoms with Crippen LogP contribution >= 0.6 is 11.3 Å². The number of benzene rings is 1. The van der Waals surface area contributed by atoms with Crippen molar-refractivity contribution in [1.29, 1.82) is 0 Å². The average Bonchev–Trinajstić information content (AvgIpc) is 3.36. The molecular formula is C20H16N6O2S. The van der Waals surface area contributed by atoms with Crippen molar-refractivity contribution in [2.75, 3.05) is 5.32 Å². The SMILES string of the molecule is NC(=O)Cc1csc(NC(=O)c2cn(-c3ccccc3)nc2-c2cccnc2)n1. The van der Waals surface area contributed by atoms with Gasteiger partial charge in [-0.15, -0.1) is 11.3 Å². The number of thiazole rings is 1. The maximum absolute atomic E-state index is 13.0. The lowest BCUT2D eigenvalue weighted by molar-refractivity contribution is -0.117. The topological polar surface area (TPSA) is 116 Å². The van der Waals surface area contributed by atoms with Crippen LogP contribution < -0.4 is 11.1 Å². The molecular weight excluding hydrogens is 388 g/mol. The summed E-state index contributed by atoms with van der Waals surface area (Å²) < 4.78 is 1.65. The molecule has 0 aliphatic carbocycles. The number of hydrogen-bond donors (Lipinski definition) is 2. The van der Waals surface area contributed by atoms with Gasteiger partial charge in [-0.25, -0.2) is 9.67 Å². The second-order valence-corrected chi connectivity index (χ2v) is 7.01. The predicted octanol–water partition coefficient (Wildman–Crippen LogP) is 2.67. The molecule has 4 aromatic rings. The maximum Gasteiger partial charge on any atom is 0.261 e. The van der Waals surface area contributed by atoms with E-state index in [1.807, 2.05) is 36.4 Å². The highest BCUT2D eigenvalue weighted by Crippen LogP contribution is 2.25. The van der Waals surface area contributed by atoms with Crippen LogP contribution in [0, 0.1) is 0 Å². The number of hydrogen-bond acceptors (Lipinski definition) is 6.